The smallest absolute Gasteiger partial charge is 0.331 e. The summed E-state index contributed by atoms with van der Waals surface area (Å²) in [5.41, 5.74) is 5.46. The number of carbonyl (C=O) groups excluding carboxylic acids is 3. The van der Waals surface area contributed by atoms with Crippen molar-refractivity contribution in [1.29, 1.82) is 0 Å². The van der Waals surface area contributed by atoms with Gasteiger partial charge in [-0.15, -0.1) is 0 Å². The summed E-state index contributed by atoms with van der Waals surface area (Å²) in [5, 5.41) is 2.52. The number of nitrogens with one attached hydrogen (secondary N) is 1. The molecule has 0 atom stereocenters. The SMILES string of the molecule is CCOc1c(Cl)cc(/C=C/C(=O)OCC(=O)NCC(N)=O)cc1OC. The lowest BCUT2D eigenvalue weighted by Crippen LogP contribution is -2.35. The number of ether oxygens (including phenoxy) is 3. The number of amides is 2. The molecule has 0 bridgehead atoms. The first kappa shape index (κ1) is 20.3. The highest BCUT2D eigenvalue weighted by Crippen LogP contribution is 2.36. The standard InChI is InChI=1S/C16H19ClN2O6/c1-3-24-16-11(17)6-10(7-12(16)23-2)4-5-15(22)25-9-14(21)19-8-13(18)20/h4-7H,3,8-9H2,1-2H3,(H2,18,20)(H,19,21)/b5-4+. The molecular weight excluding hydrogens is 352 g/mol. The molecular formula is C16H19ClN2O6. The van der Waals surface area contributed by atoms with Crippen LogP contribution in [0.5, 0.6) is 11.5 Å². The third-order valence-corrected chi connectivity index (χ3v) is 3.04. The zero-order valence-electron chi connectivity index (χ0n) is 13.8. The topological polar surface area (TPSA) is 117 Å². The van der Waals surface area contributed by atoms with Gasteiger partial charge in [0.15, 0.2) is 18.1 Å². The van der Waals surface area contributed by atoms with Crippen LogP contribution in [0.1, 0.15) is 12.5 Å². The van der Waals surface area contributed by atoms with E-state index in [1.165, 1.54) is 13.2 Å². The molecule has 0 aliphatic carbocycles. The number of hydrogen-bond donors (Lipinski definition) is 2. The van der Waals surface area contributed by atoms with Crippen molar-refractivity contribution < 1.29 is 28.6 Å². The number of carbonyl (C=O) groups is 3. The van der Waals surface area contributed by atoms with Crippen LogP contribution in [0, 0.1) is 0 Å². The Bertz CT molecular complexity index is 675. The summed E-state index contributed by atoms with van der Waals surface area (Å²) in [7, 11) is 1.47. The van der Waals surface area contributed by atoms with E-state index in [9.17, 15) is 14.4 Å². The maximum absolute atomic E-state index is 11.6. The summed E-state index contributed by atoms with van der Waals surface area (Å²) in [5.74, 6) is -1.23. The maximum atomic E-state index is 11.6. The largest absolute Gasteiger partial charge is 0.493 e. The molecule has 0 heterocycles. The van der Waals surface area contributed by atoms with Crippen molar-refractivity contribution in [2.45, 2.75) is 6.92 Å². The van der Waals surface area contributed by atoms with E-state index in [-0.39, 0.29) is 6.54 Å². The number of rotatable bonds is 9. The molecule has 0 aliphatic heterocycles. The Morgan fingerprint density at radius 2 is 2.04 bits per heavy atom. The second-order valence-corrected chi connectivity index (χ2v) is 5.06. The van der Waals surface area contributed by atoms with Crippen molar-refractivity contribution in [3.63, 3.8) is 0 Å². The molecule has 0 aromatic heterocycles. The van der Waals surface area contributed by atoms with Gasteiger partial charge in [-0.2, -0.15) is 0 Å². The Kier molecular flexibility index (Phi) is 8.28. The van der Waals surface area contributed by atoms with Crippen LogP contribution in [0.25, 0.3) is 6.08 Å². The van der Waals surface area contributed by atoms with Crippen LogP contribution in [0.4, 0.5) is 0 Å². The molecule has 0 radical (unpaired) electrons. The van der Waals surface area contributed by atoms with Crippen LogP contribution in [-0.2, 0) is 19.1 Å². The zero-order chi connectivity index (χ0) is 18.8. The van der Waals surface area contributed by atoms with Gasteiger partial charge < -0.3 is 25.3 Å². The summed E-state index contributed by atoms with van der Waals surface area (Å²) in [6, 6.07) is 3.23. The Morgan fingerprint density at radius 3 is 2.64 bits per heavy atom. The average molecular weight is 371 g/mol. The van der Waals surface area contributed by atoms with Crippen molar-refractivity contribution in [2.75, 3.05) is 26.9 Å². The Morgan fingerprint density at radius 1 is 1.32 bits per heavy atom. The molecule has 0 aliphatic rings. The van der Waals surface area contributed by atoms with E-state index in [0.717, 1.165) is 6.08 Å². The normalized spacial score (nSPS) is 10.4. The van der Waals surface area contributed by atoms with Gasteiger partial charge in [-0.1, -0.05) is 11.6 Å². The summed E-state index contributed by atoms with van der Waals surface area (Å²) in [4.78, 5) is 33.4. The number of halogens is 1. The Labute approximate surface area is 149 Å². The van der Waals surface area contributed by atoms with Crippen molar-refractivity contribution in [3.8, 4) is 11.5 Å². The molecule has 25 heavy (non-hydrogen) atoms. The molecule has 9 heteroatoms. The fraction of sp³-hybridized carbons (Fsp3) is 0.312. The Balaban J connectivity index is 2.65. The lowest BCUT2D eigenvalue weighted by molar-refractivity contribution is -0.143. The number of methoxy groups -OCH3 is 1. The first-order chi connectivity index (χ1) is 11.9. The summed E-state index contributed by atoms with van der Waals surface area (Å²) < 4.78 is 15.3. The van der Waals surface area contributed by atoms with Gasteiger partial charge in [0.2, 0.25) is 5.91 Å². The minimum absolute atomic E-state index is 0.323. The van der Waals surface area contributed by atoms with Gasteiger partial charge in [0.05, 0.1) is 25.3 Å². The second-order valence-electron chi connectivity index (χ2n) is 4.65. The molecule has 1 aromatic rings. The number of primary amides is 1. The van der Waals surface area contributed by atoms with Crippen LogP contribution in [0.2, 0.25) is 5.02 Å². The van der Waals surface area contributed by atoms with Crippen LogP contribution in [-0.4, -0.2) is 44.7 Å². The van der Waals surface area contributed by atoms with Crippen molar-refractivity contribution in [3.05, 3.63) is 28.8 Å². The summed E-state index contributed by atoms with van der Waals surface area (Å²) in [6.45, 7) is 1.40. The third-order valence-electron chi connectivity index (χ3n) is 2.76. The quantitative estimate of drug-likeness (QED) is 0.492. The molecule has 0 saturated carbocycles. The predicted octanol–water partition coefficient (Wildman–Crippen LogP) is 0.905. The molecule has 0 saturated heterocycles. The number of nitrogens with two attached hydrogens (primary N) is 1. The highest BCUT2D eigenvalue weighted by atomic mass is 35.5. The molecule has 8 nitrogen and oxygen atoms in total. The third kappa shape index (κ3) is 7.13. The van der Waals surface area contributed by atoms with Crippen LogP contribution < -0.4 is 20.5 Å². The Hall–Kier alpha value is -2.74. The van der Waals surface area contributed by atoms with Gasteiger partial charge in [-0.3, -0.25) is 9.59 Å². The molecule has 0 fully saturated rings. The van der Waals surface area contributed by atoms with Gasteiger partial charge in [0.25, 0.3) is 5.91 Å². The van der Waals surface area contributed by atoms with Gasteiger partial charge in [-0.05, 0) is 30.7 Å². The van der Waals surface area contributed by atoms with Crippen molar-refractivity contribution >= 4 is 35.5 Å². The van der Waals surface area contributed by atoms with Crippen LogP contribution in [0.15, 0.2) is 18.2 Å². The minimum Gasteiger partial charge on any atom is -0.493 e. The van der Waals surface area contributed by atoms with E-state index in [0.29, 0.717) is 28.7 Å². The van der Waals surface area contributed by atoms with Gasteiger partial charge in [0, 0.05) is 6.08 Å². The van der Waals surface area contributed by atoms with Crippen LogP contribution >= 0.6 is 11.6 Å². The van der Waals surface area contributed by atoms with E-state index in [2.05, 4.69) is 5.32 Å². The fourth-order valence-electron chi connectivity index (χ4n) is 1.71. The van der Waals surface area contributed by atoms with Crippen molar-refractivity contribution in [2.24, 2.45) is 5.73 Å². The highest BCUT2D eigenvalue weighted by Gasteiger charge is 2.11. The van der Waals surface area contributed by atoms with E-state index >= 15 is 0 Å². The van der Waals surface area contributed by atoms with E-state index in [4.69, 9.17) is 31.5 Å². The van der Waals surface area contributed by atoms with E-state index in [1.54, 1.807) is 12.1 Å². The number of hydrogen-bond acceptors (Lipinski definition) is 6. The highest BCUT2D eigenvalue weighted by molar-refractivity contribution is 6.32. The van der Waals surface area contributed by atoms with Crippen LogP contribution in [0.3, 0.4) is 0 Å². The average Bonchev–Trinajstić information content (AvgIpc) is 2.58. The summed E-state index contributed by atoms with van der Waals surface area (Å²) in [6.07, 6.45) is 2.58. The van der Waals surface area contributed by atoms with Gasteiger partial charge in [0.1, 0.15) is 0 Å². The van der Waals surface area contributed by atoms with Crippen molar-refractivity contribution in [1.82, 2.24) is 5.32 Å². The zero-order valence-corrected chi connectivity index (χ0v) is 14.6. The predicted molar refractivity (Wildman–Crippen MR) is 91.4 cm³/mol. The van der Waals surface area contributed by atoms with E-state index < -0.39 is 24.4 Å². The van der Waals surface area contributed by atoms with Gasteiger partial charge >= 0.3 is 5.97 Å². The molecule has 1 rings (SSSR count). The van der Waals surface area contributed by atoms with Gasteiger partial charge in [-0.25, -0.2) is 4.79 Å². The first-order valence-corrected chi connectivity index (χ1v) is 7.65. The van der Waals surface area contributed by atoms with E-state index in [1.807, 2.05) is 6.92 Å². The molecule has 0 spiro atoms. The molecule has 1 aromatic carbocycles. The maximum Gasteiger partial charge on any atom is 0.331 e. The lowest BCUT2D eigenvalue weighted by Gasteiger charge is -2.11. The second kappa shape index (κ2) is 10.2. The monoisotopic (exact) mass is 370 g/mol. The fourth-order valence-corrected chi connectivity index (χ4v) is 1.98. The lowest BCUT2D eigenvalue weighted by atomic mass is 10.2. The summed E-state index contributed by atoms with van der Waals surface area (Å²) >= 11 is 6.12. The molecule has 3 N–H and O–H groups in total. The number of benzene rings is 1. The molecule has 2 amide bonds. The first-order valence-electron chi connectivity index (χ1n) is 7.27. The molecule has 136 valence electrons. The minimum atomic E-state index is -0.738. The number of esters is 1. The molecule has 0 unspecified atom stereocenters.